The fourth-order valence-corrected chi connectivity index (χ4v) is 4.47. The normalized spacial score (nSPS) is 21.9. The second kappa shape index (κ2) is 6.23. The van der Waals surface area contributed by atoms with Crippen molar-refractivity contribution < 1.29 is 9.47 Å². The summed E-state index contributed by atoms with van der Waals surface area (Å²) in [6, 6.07) is 8.98. The predicted molar refractivity (Wildman–Crippen MR) is 99.5 cm³/mol. The molecule has 0 atom stereocenters. The zero-order valence-corrected chi connectivity index (χ0v) is 15.3. The Hall–Kier alpha value is -2.14. The summed E-state index contributed by atoms with van der Waals surface area (Å²) in [5, 5.41) is 0. The van der Waals surface area contributed by atoms with E-state index in [1.807, 2.05) is 0 Å². The number of ether oxygens (including phenoxy) is 2. The summed E-state index contributed by atoms with van der Waals surface area (Å²) >= 11 is 0. The average Bonchev–Trinajstić information content (AvgIpc) is 2.99. The van der Waals surface area contributed by atoms with Gasteiger partial charge in [0, 0.05) is 56.2 Å². The van der Waals surface area contributed by atoms with Gasteiger partial charge >= 0.3 is 0 Å². The zero-order chi connectivity index (χ0) is 17.6. The van der Waals surface area contributed by atoms with Crippen molar-refractivity contribution in [3.05, 3.63) is 36.0 Å². The van der Waals surface area contributed by atoms with E-state index in [9.17, 15) is 0 Å². The monoisotopic (exact) mass is 351 g/mol. The summed E-state index contributed by atoms with van der Waals surface area (Å²) in [6.07, 6.45) is 9.19. The van der Waals surface area contributed by atoms with Gasteiger partial charge in [-0.25, -0.2) is 4.98 Å². The van der Waals surface area contributed by atoms with Crippen LogP contribution in [0, 0.1) is 0 Å². The number of aromatic nitrogens is 2. The molecule has 1 spiro atoms. The molecule has 1 aliphatic carbocycles. The molecular formula is C21H25N3O2. The molecule has 1 saturated heterocycles. The van der Waals surface area contributed by atoms with Crippen LogP contribution in [0.3, 0.4) is 0 Å². The summed E-state index contributed by atoms with van der Waals surface area (Å²) in [6.45, 7) is 2.34. The summed E-state index contributed by atoms with van der Waals surface area (Å²) in [7, 11) is 1.62. The quantitative estimate of drug-likeness (QED) is 0.847. The zero-order valence-electron chi connectivity index (χ0n) is 15.3. The first kappa shape index (κ1) is 16.1. The first-order valence-electron chi connectivity index (χ1n) is 9.68. The Labute approximate surface area is 154 Å². The van der Waals surface area contributed by atoms with Gasteiger partial charge in [-0.15, -0.1) is 0 Å². The van der Waals surface area contributed by atoms with E-state index in [0.29, 0.717) is 11.7 Å². The van der Waals surface area contributed by atoms with Gasteiger partial charge in [0.1, 0.15) is 11.4 Å². The molecule has 2 aliphatic heterocycles. The Kier molecular flexibility index (Phi) is 3.85. The molecule has 2 aromatic rings. The lowest BCUT2D eigenvalue weighted by atomic mass is 9.84. The van der Waals surface area contributed by atoms with Crippen molar-refractivity contribution in [3.8, 4) is 23.0 Å². The first-order valence-corrected chi connectivity index (χ1v) is 9.68. The molecule has 1 aromatic carbocycles. The van der Waals surface area contributed by atoms with Crippen molar-refractivity contribution in [2.45, 2.75) is 50.2 Å². The lowest BCUT2D eigenvalue weighted by Crippen LogP contribution is -2.52. The highest BCUT2D eigenvalue weighted by Gasteiger charge is 2.43. The third-order valence-corrected chi connectivity index (χ3v) is 6.30. The number of nitrogens with zero attached hydrogens (tertiary/aromatic N) is 3. The van der Waals surface area contributed by atoms with Crippen molar-refractivity contribution in [3.63, 3.8) is 0 Å². The standard InChI is InChI=1S/C21H25N3O2/c1-25-19-7-10-22-20(23-19)15-5-6-16-14-21(26-18(16)13-15)8-11-24(12-9-21)17-3-2-4-17/h5-7,10,13,17H,2-4,8-9,11-12,14H2,1H3. The highest BCUT2D eigenvalue weighted by atomic mass is 16.5. The van der Waals surface area contributed by atoms with Crippen LogP contribution in [0.25, 0.3) is 11.4 Å². The Bertz CT molecular complexity index is 811. The molecule has 3 aliphatic rings. The first-order chi connectivity index (χ1) is 12.7. The fourth-order valence-electron chi connectivity index (χ4n) is 4.47. The second-order valence-corrected chi connectivity index (χ2v) is 7.83. The highest BCUT2D eigenvalue weighted by Crippen LogP contribution is 2.43. The minimum atomic E-state index is -0.00353. The van der Waals surface area contributed by atoms with E-state index < -0.39 is 0 Å². The fraction of sp³-hybridized carbons (Fsp3) is 0.524. The number of likely N-dealkylation sites (tertiary alicyclic amines) is 1. The van der Waals surface area contributed by atoms with Gasteiger partial charge < -0.3 is 14.4 Å². The number of rotatable bonds is 3. The van der Waals surface area contributed by atoms with Gasteiger partial charge in [0.05, 0.1) is 7.11 Å². The summed E-state index contributed by atoms with van der Waals surface area (Å²) in [5.74, 6) is 2.26. The molecule has 1 saturated carbocycles. The molecule has 0 N–H and O–H groups in total. The van der Waals surface area contributed by atoms with Crippen LogP contribution >= 0.6 is 0 Å². The van der Waals surface area contributed by atoms with Crippen LogP contribution < -0.4 is 9.47 Å². The van der Waals surface area contributed by atoms with Crippen molar-refractivity contribution >= 4 is 0 Å². The third kappa shape index (κ3) is 2.75. The smallest absolute Gasteiger partial charge is 0.216 e. The molecule has 5 heteroatoms. The average molecular weight is 351 g/mol. The molecule has 5 rings (SSSR count). The van der Waals surface area contributed by atoms with Gasteiger partial charge in [-0.05, 0) is 24.5 Å². The Morgan fingerprint density at radius 3 is 2.77 bits per heavy atom. The molecule has 3 heterocycles. The highest BCUT2D eigenvalue weighted by molar-refractivity contribution is 5.60. The van der Waals surface area contributed by atoms with E-state index in [4.69, 9.17) is 9.47 Å². The van der Waals surface area contributed by atoms with Gasteiger partial charge in [-0.1, -0.05) is 18.6 Å². The molecule has 0 bridgehead atoms. The van der Waals surface area contributed by atoms with E-state index in [2.05, 4.69) is 33.1 Å². The maximum absolute atomic E-state index is 6.52. The van der Waals surface area contributed by atoms with E-state index in [1.165, 1.54) is 37.9 Å². The van der Waals surface area contributed by atoms with Crippen molar-refractivity contribution in [1.82, 2.24) is 14.9 Å². The molecule has 2 fully saturated rings. The van der Waals surface area contributed by atoms with E-state index >= 15 is 0 Å². The van der Waals surface area contributed by atoms with Crippen LogP contribution in [0.15, 0.2) is 30.5 Å². The van der Waals surface area contributed by atoms with Crippen LogP contribution in [0.1, 0.15) is 37.7 Å². The van der Waals surface area contributed by atoms with Crippen LogP contribution in [0.5, 0.6) is 11.6 Å². The van der Waals surface area contributed by atoms with E-state index in [-0.39, 0.29) is 5.60 Å². The molecule has 0 amide bonds. The molecule has 5 nitrogen and oxygen atoms in total. The van der Waals surface area contributed by atoms with Crippen molar-refractivity contribution in [1.29, 1.82) is 0 Å². The van der Waals surface area contributed by atoms with Crippen molar-refractivity contribution in [2.24, 2.45) is 0 Å². The number of methoxy groups -OCH3 is 1. The second-order valence-electron chi connectivity index (χ2n) is 7.83. The molecular weight excluding hydrogens is 326 g/mol. The Morgan fingerprint density at radius 2 is 2.04 bits per heavy atom. The number of piperidine rings is 1. The number of hydrogen-bond donors (Lipinski definition) is 0. The topological polar surface area (TPSA) is 47.5 Å². The maximum Gasteiger partial charge on any atom is 0.216 e. The van der Waals surface area contributed by atoms with Gasteiger partial charge in [0.15, 0.2) is 5.82 Å². The summed E-state index contributed by atoms with van der Waals surface area (Å²) < 4.78 is 11.7. The van der Waals surface area contributed by atoms with Crippen molar-refractivity contribution in [2.75, 3.05) is 20.2 Å². The van der Waals surface area contributed by atoms with Gasteiger partial charge in [-0.2, -0.15) is 4.98 Å². The minimum absolute atomic E-state index is 0.00353. The summed E-state index contributed by atoms with van der Waals surface area (Å²) in [5.41, 5.74) is 2.29. The van der Waals surface area contributed by atoms with Crippen LogP contribution in [-0.4, -0.2) is 46.7 Å². The summed E-state index contributed by atoms with van der Waals surface area (Å²) in [4.78, 5) is 11.5. The molecule has 0 radical (unpaired) electrons. The maximum atomic E-state index is 6.52. The largest absolute Gasteiger partial charge is 0.487 e. The number of benzene rings is 1. The predicted octanol–water partition coefficient (Wildman–Crippen LogP) is 3.47. The van der Waals surface area contributed by atoms with Gasteiger partial charge in [0.2, 0.25) is 5.88 Å². The Morgan fingerprint density at radius 1 is 1.19 bits per heavy atom. The SMILES string of the molecule is COc1ccnc(-c2ccc3c(c2)OC2(CCN(C4CCC4)CC2)C3)n1. The molecule has 1 aromatic heterocycles. The number of hydrogen-bond acceptors (Lipinski definition) is 5. The number of fused-ring (bicyclic) bond motifs is 1. The van der Waals surface area contributed by atoms with Crippen LogP contribution in [0.2, 0.25) is 0 Å². The lowest BCUT2D eigenvalue weighted by Gasteiger charge is -2.45. The molecule has 26 heavy (non-hydrogen) atoms. The lowest BCUT2D eigenvalue weighted by molar-refractivity contribution is -0.00745. The van der Waals surface area contributed by atoms with Gasteiger partial charge in [-0.3, -0.25) is 0 Å². The minimum Gasteiger partial charge on any atom is -0.487 e. The van der Waals surface area contributed by atoms with Crippen LogP contribution in [-0.2, 0) is 6.42 Å². The van der Waals surface area contributed by atoms with Crippen LogP contribution in [0.4, 0.5) is 0 Å². The molecule has 0 unspecified atom stereocenters. The Balaban J connectivity index is 1.33. The van der Waals surface area contributed by atoms with E-state index in [0.717, 1.165) is 36.6 Å². The van der Waals surface area contributed by atoms with Gasteiger partial charge in [0.25, 0.3) is 0 Å². The third-order valence-electron chi connectivity index (χ3n) is 6.30. The molecule has 136 valence electrons. The van der Waals surface area contributed by atoms with E-state index in [1.54, 1.807) is 19.4 Å².